The Morgan fingerprint density at radius 1 is 1.21 bits per heavy atom. The molecule has 3 nitrogen and oxygen atoms in total. The smallest absolute Gasteiger partial charge is 0.0991 e. The Hall–Kier alpha value is -1.05. The lowest BCUT2D eigenvalue weighted by Gasteiger charge is -2.33. The van der Waals surface area contributed by atoms with Crippen LogP contribution in [0.3, 0.4) is 0 Å². The van der Waals surface area contributed by atoms with E-state index in [1.165, 1.54) is 5.56 Å². The molecule has 1 fully saturated rings. The van der Waals surface area contributed by atoms with Crippen LogP contribution in [0.1, 0.15) is 17.2 Å². The minimum atomic E-state index is 0. The largest absolute Gasteiger partial charge is 0.314 e. The Bertz CT molecular complexity index is 419. The van der Waals surface area contributed by atoms with Crippen LogP contribution in [0.2, 0.25) is 0 Å². The first-order valence-electron chi connectivity index (χ1n) is 5.92. The Morgan fingerprint density at radius 2 is 1.79 bits per heavy atom. The lowest BCUT2D eigenvalue weighted by atomic mass is 10.0. The second-order valence-electron chi connectivity index (χ2n) is 4.20. The van der Waals surface area contributed by atoms with Crippen LogP contribution in [0.4, 0.5) is 0 Å². The van der Waals surface area contributed by atoms with Gasteiger partial charge >= 0.3 is 0 Å². The van der Waals surface area contributed by atoms with Crippen LogP contribution < -0.4 is 5.32 Å². The number of nitrogens with zero attached hydrogens (tertiary/aromatic N) is 2. The number of hydrogen-bond donors (Lipinski definition) is 1. The van der Waals surface area contributed by atoms with Crippen LogP contribution in [-0.2, 0) is 0 Å². The summed E-state index contributed by atoms with van der Waals surface area (Å²) in [6.07, 6.45) is 1.98. The summed E-state index contributed by atoms with van der Waals surface area (Å²) in [4.78, 5) is 2.41. The van der Waals surface area contributed by atoms with Crippen LogP contribution in [0.5, 0.6) is 0 Å². The van der Waals surface area contributed by atoms with Gasteiger partial charge in [-0.15, -0.1) is 31.4 Å². The van der Waals surface area contributed by atoms with Crippen molar-refractivity contribution in [2.75, 3.05) is 26.2 Å². The second kappa shape index (κ2) is 8.95. The van der Waals surface area contributed by atoms with Crippen LogP contribution in [0.15, 0.2) is 36.9 Å². The summed E-state index contributed by atoms with van der Waals surface area (Å²) in [5, 5.41) is 12.1. The third-order valence-corrected chi connectivity index (χ3v) is 3.15. The molecule has 1 aromatic rings. The summed E-state index contributed by atoms with van der Waals surface area (Å²) in [5.74, 6) is 0. The minimum Gasteiger partial charge on any atom is -0.314 e. The maximum Gasteiger partial charge on any atom is 0.0991 e. The first-order valence-corrected chi connectivity index (χ1v) is 5.92. The normalized spacial score (nSPS) is 16.4. The van der Waals surface area contributed by atoms with E-state index in [4.69, 9.17) is 5.26 Å². The third-order valence-electron chi connectivity index (χ3n) is 3.15. The number of nitriles is 1. The van der Waals surface area contributed by atoms with Crippen LogP contribution in [0, 0.1) is 11.3 Å². The fourth-order valence-electron chi connectivity index (χ4n) is 2.21. The summed E-state index contributed by atoms with van der Waals surface area (Å²) in [6.45, 7) is 8.06. The monoisotopic (exact) mass is 299 g/mol. The highest BCUT2D eigenvalue weighted by atomic mass is 35.5. The molecule has 0 spiro atoms. The van der Waals surface area contributed by atoms with Gasteiger partial charge in [0.05, 0.1) is 17.7 Å². The van der Waals surface area contributed by atoms with Gasteiger partial charge < -0.3 is 5.32 Å². The zero-order valence-corrected chi connectivity index (χ0v) is 12.3. The van der Waals surface area contributed by atoms with Crippen molar-refractivity contribution in [1.82, 2.24) is 10.2 Å². The zero-order chi connectivity index (χ0) is 12.1. The van der Waals surface area contributed by atoms with Crippen molar-refractivity contribution in [3.8, 4) is 6.07 Å². The average molecular weight is 300 g/mol. The molecule has 1 N–H and O–H groups in total. The van der Waals surface area contributed by atoms with Gasteiger partial charge in [-0.3, -0.25) is 4.90 Å². The molecule has 2 rings (SSSR count). The van der Waals surface area contributed by atoms with E-state index < -0.39 is 0 Å². The highest BCUT2D eigenvalue weighted by Gasteiger charge is 2.18. The molecule has 0 aliphatic carbocycles. The highest BCUT2D eigenvalue weighted by molar-refractivity contribution is 5.85. The molecule has 19 heavy (non-hydrogen) atoms. The number of benzene rings is 1. The molecule has 1 aliphatic heterocycles. The van der Waals surface area contributed by atoms with Crippen LogP contribution in [-0.4, -0.2) is 31.1 Å². The van der Waals surface area contributed by atoms with Gasteiger partial charge in [-0.2, -0.15) is 5.26 Å². The van der Waals surface area contributed by atoms with E-state index in [0.717, 1.165) is 26.2 Å². The summed E-state index contributed by atoms with van der Waals surface area (Å²) < 4.78 is 0. The predicted molar refractivity (Wildman–Crippen MR) is 83.0 cm³/mol. The van der Waals surface area contributed by atoms with Gasteiger partial charge in [-0.25, -0.2) is 0 Å². The molecule has 0 bridgehead atoms. The first kappa shape index (κ1) is 17.9. The molecule has 1 aromatic carbocycles. The summed E-state index contributed by atoms with van der Waals surface area (Å²) >= 11 is 0. The lowest BCUT2D eigenvalue weighted by molar-refractivity contribution is 0.203. The number of hydrogen-bond acceptors (Lipinski definition) is 3. The quantitative estimate of drug-likeness (QED) is 0.872. The summed E-state index contributed by atoms with van der Waals surface area (Å²) in [7, 11) is 0. The molecule has 0 unspecified atom stereocenters. The molecule has 5 heteroatoms. The second-order valence-corrected chi connectivity index (χ2v) is 4.20. The topological polar surface area (TPSA) is 39.1 Å². The molecule has 0 aromatic heterocycles. The van der Waals surface area contributed by atoms with Gasteiger partial charge in [0.15, 0.2) is 0 Å². The SMILES string of the molecule is C=C[C@H](c1ccc(C#N)cc1)N1CCNCC1.Cl.Cl. The Balaban J connectivity index is 0.00000162. The Morgan fingerprint density at radius 3 is 2.26 bits per heavy atom. The fraction of sp³-hybridized carbons (Fsp3) is 0.357. The fourth-order valence-corrected chi connectivity index (χ4v) is 2.21. The van der Waals surface area contributed by atoms with Crippen molar-refractivity contribution in [3.05, 3.63) is 48.0 Å². The van der Waals surface area contributed by atoms with Crippen LogP contribution >= 0.6 is 24.8 Å². The van der Waals surface area contributed by atoms with Gasteiger partial charge in [0, 0.05) is 26.2 Å². The molecule has 0 radical (unpaired) electrons. The number of piperazine rings is 1. The van der Waals surface area contributed by atoms with E-state index in [9.17, 15) is 0 Å². The van der Waals surface area contributed by atoms with E-state index in [2.05, 4.69) is 22.9 Å². The first-order chi connectivity index (χ1) is 8.35. The molecule has 1 aliphatic rings. The Labute approximate surface area is 127 Å². The van der Waals surface area contributed by atoms with Crippen molar-refractivity contribution >= 4 is 24.8 Å². The highest BCUT2D eigenvalue weighted by Crippen LogP contribution is 2.22. The van der Waals surface area contributed by atoms with E-state index in [1.54, 1.807) is 0 Å². The molecule has 1 atom stereocenters. The summed E-state index contributed by atoms with van der Waals surface area (Å²) in [5.41, 5.74) is 1.91. The van der Waals surface area contributed by atoms with Crippen molar-refractivity contribution in [2.45, 2.75) is 6.04 Å². The molecule has 1 saturated heterocycles. The van der Waals surface area contributed by atoms with Gasteiger partial charge in [-0.05, 0) is 17.7 Å². The maximum absolute atomic E-state index is 8.78. The molecule has 1 heterocycles. The number of nitrogens with one attached hydrogen (secondary N) is 1. The predicted octanol–water partition coefficient (Wildman–Crippen LogP) is 2.53. The van der Waals surface area contributed by atoms with Gasteiger partial charge in [0.1, 0.15) is 0 Å². The molecule has 0 amide bonds. The van der Waals surface area contributed by atoms with E-state index in [-0.39, 0.29) is 30.9 Å². The minimum absolute atomic E-state index is 0. The standard InChI is InChI=1S/C14H17N3.2ClH/c1-2-14(17-9-7-16-8-10-17)13-5-3-12(11-15)4-6-13;;/h2-6,14,16H,1,7-10H2;2*1H/t14-;;/m1../s1. The molecule has 0 saturated carbocycles. The molecule has 104 valence electrons. The van der Waals surface area contributed by atoms with E-state index in [1.807, 2.05) is 30.3 Å². The van der Waals surface area contributed by atoms with Crippen LogP contribution in [0.25, 0.3) is 0 Å². The van der Waals surface area contributed by atoms with E-state index in [0.29, 0.717) is 5.56 Å². The van der Waals surface area contributed by atoms with Crippen molar-refractivity contribution in [3.63, 3.8) is 0 Å². The lowest BCUT2D eigenvalue weighted by Crippen LogP contribution is -2.44. The van der Waals surface area contributed by atoms with E-state index >= 15 is 0 Å². The van der Waals surface area contributed by atoms with Crippen molar-refractivity contribution in [2.24, 2.45) is 0 Å². The van der Waals surface area contributed by atoms with Gasteiger partial charge in [0.25, 0.3) is 0 Å². The van der Waals surface area contributed by atoms with Crippen molar-refractivity contribution in [1.29, 1.82) is 5.26 Å². The summed E-state index contributed by atoms with van der Waals surface area (Å²) in [6, 6.07) is 10.2. The molecular formula is C14H19Cl2N3. The average Bonchev–Trinajstić information content (AvgIpc) is 2.42. The third kappa shape index (κ3) is 4.52. The maximum atomic E-state index is 8.78. The number of halogens is 2. The van der Waals surface area contributed by atoms with Gasteiger partial charge in [-0.1, -0.05) is 18.2 Å². The van der Waals surface area contributed by atoms with Crippen molar-refractivity contribution < 1.29 is 0 Å². The Kier molecular flexibility index (Phi) is 8.46. The zero-order valence-electron chi connectivity index (χ0n) is 10.7. The number of rotatable bonds is 3. The molecular weight excluding hydrogens is 281 g/mol. The van der Waals surface area contributed by atoms with Gasteiger partial charge in [0.2, 0.25) is 0 Å².